The molecule has 1 aromatic carbocycles. The number of aromatic nitrogens is 1. The molecule has 9 rings (SSSR count). The van der Waals surface area contributed by atoms with Crippen molar-refractivity contribution in [3.05, 3.63) is 48.8 Å². The quantitative estimate of drug-likeness (QED) is 0.307. The third-order valence-corrected chi connectivity index (χ3v) is 10.4. The summed E-state index contributed by atoms with van der Waals surface area (Å²) in [6, 6.07) is 11.4. The van der Waals surface area contributed by atoms with Crippen LogP contribution in [-0.2, 0) is 37.9 Å². The molecule has 65 heavy (non-hydrogen) atoms. The first-order valence-corrected chi connectivity index (χ1v) is 23.8. The number of benzene rings is 1. The molecule has 7 aliphatic rings. The number of para-hydroxylation sites is 2. The number of nitrogens with zero attached hydrogens (tertiary/aromatic N) is 1. The van der Waals surface area contributed by atoms with Gasteiger partial charge in [-0.25, -0.2) is 0 Å². The van der Waals surface area contributed by atoms with Crippen molar-refractivity contribution in [2.24, 2.45) is 23.7 Å². The van der Waals surface area contributed by atoms with Gasteiger partial charge in [0.1, 0.15) is 18.5 Å². The van der Waals surface area contributed by atoms with Crippen molar-refractivity contribution in [2.45, 2.75) is 126 Å². The molecule has 5 atom stereocenters. The fourth-order valence-electron chi connectivity index (χ4n) is 6.61. The number of nitrogens with one attached hydrogen (secondary N) is 1. The van der Waals surface area contributed by atoms with Crippen LogP contribution in [0.5, 0.6) is 17.2 Å². The molecule has 0 unspecified atom stereocenters. The predicted molar refractivity (Wildman–Crippen MR) is 264 cm³/mol. The van der Waals surface area contributed by atoms with Crippen LogP contribution in [0.25, 0.3) is 0 Å². The van der Waals surface area contributed by atoms with E-state index in [9.17, 15) is 0 Å². The van der Waals surface area contributed by atoms with E-state index in [1.54, 1.807) is 26.6 Å². The standard InChI is InChI=1S/C9H10O2.C7H14O.C6H13NO.C6H7NO.C6H12O2.C6H12O.C5H10O2.C5H10O.2CH4/c1-7-6-10-8-4-2-3-5-9(8)11-7;1-7-4-2-3-5-8-6-7;1-6-4-7-2-3-8-5-6;1-8-6-3-2-4-7-5-6;1-6-4-7-2-3-8-5-6;1-7-6-4-2-3-5-6;1-5-4-6-2-3-7-5;1-5-2-3-6-4-5;;/h2-5,7H,6H2,1H3;7H,2-6H2,1H3;6-7H,2-5H2,1H3;2-5H,1H3;6H,2-5H2,1H3;6H,2-5H2,1H3;5H,2-4H2,1H3;5H,2-4H2,1H3;2*1H4/t2*7-;6-;;;;2*5-;;/m000...01../s1. The lowest BCUT2D eigenvalue weighted by Gasteiger charge is -2.23. The van der Waals surface area contributed by atoms with Crippen LogP contribution in [0.2, 0.25) is 0 Å². The number of hydrogen-bond acceptors (Lipinski definition) is 13. The van der Waals surface area contributed by atoms with E-state index >= 15 is 0 Å². The lowest BCUT2D eigenvalue weighted by molar-refractivity contribution is -0.0797. The average molecular weight is 925 g/mol. The van der Waals surface area contributed by atoms with Gasteiger partial charge >= 0.3 is 0 Å². The Morgan fingerprint density at radius 3 is 1.66 bits per heavy atom. The van der Waals surface area contributed by atoms with E-state index < -0.39 is 0 Å². The first-order valence-electron chi connectivity index (χ1n) is 23.8. The highest BCUT2D eigenvalue weighted by Crippen LogP contribution is 2.30. The highest BCUT2D eigenvalue weighted by Gasteiger charge is 2.16. The normalized spacial score (nSPS) is 24.9. The molecule has 0 spiro atoms. The Morgan fingerprint density at radius 2 is 1.12 bits per heavy atom. The summed E-state index contributed by atoms with van der Waals surface area (Å²) in [5.41, 5.74) is 0. The van der Waals surface area contributed by atoms with E-state index in [4.69, 9.17) is 52.1 Å². The third-order valence-electron chi connectivity index (χ3n) is 10.4. The minimum absolute atomic E-state index is 0. The molecular weight excluding hydrogens is 829 g/mol. The molecule has 13 nitrogen and oxygen atoms in total. The fourth-order valence-corrected chi connectivity index (χ4v) is 6.61. The van der Waals surface area contributed by atoms with Crippen molar-refractivity contribution in [1.82, 2.24) is 10.3 Å². The van der Waals surface area contributed by atoms with Crippen LogP contribution in [0.15, 0.2) is 48.8 Å². The molecular formula is C52H96N2O11. The van der Waals surface area contributed by atoms with Gasteiger partial charge in [-0.1, -0.05) is 73.9 Å². The highest BCUT2D eigenvalue weighted by atomic mass is 16.6. The van der Waals surface area contributed by atoms with Crippen LogP contribution in [0, 0.1) is 23.7 Å². The van der Waals surface area contributed by atoms with Gasteiger partial charge in [0.25, 0.3) is 0 Å². The molecule has 0 amide bonds. The van der Waals surface area contributed by atoms with Gasteiger partial charge < -0.3 is 57.4 Å². The van der Waals surface area contributed by atoms with Gasteiger partial charge in [0.2, 0.25) is 0 Å². The summed E-state index contributed by atoms with van der Waals surface area (Å²) in [5.74, 6) is 5.40. The van der Waals surface area contributed by atoms with Crippen molar-refractivity contribution in [3.63, 3.8) is 0 Å². The van der Waals surface area contributed by atoms with E-state index in [0.29, 0.717) is 30.7 Å². The first kappa shape index (κ1) is 62.4. The zero-order valence-corrected chi connectivity index (χ0v) is 40.6. The van der Waals surface area contributed by atoms with Gasteiger partial charge in [0.15, 0.2) is 11.5 Å². The largest absolute Gasteiger partial charge is 0.495 e. The fraction of sp³-hybridized carbons (Fsp3) is 0.788. The molecule has 13 heteroatoms. The maximum absolute atomic E-state index is 5.51. The number of rotatable bonds is 2. The second-order valence-corrected chi connectivity index (χ2v) is 17.3. The van der Waals surface area contributed by atoms with Gasteiger partial charge in [0.05, 0.1) is 85.0 Å². The molecule has 6 aliphatic heterocycles. The highest BCUT2D eigenvalue weighted by molar-refractivity contribution is 5.40. The zero-order valence-electron chi connectivity index (χ0n) is 40.6. The number of ether oxygens (including phenoxy) is 11. The lowest BCUT2D eigenvalue weighted by atomic mass is 10.1. The van der Waals surface area contributed by atoms with Gasteiger partial charge in [-0.2, -0.15) is 0 Å². The summed E-state index contributed by atoms with van der Waals surface area (Å²) < 4.78 is 57.1. The minimum atomic E-state index is 0. The third kappa shape index (κ3) is 35.3. The Bertz CT molecular complexity index is 1210. The van der Waals surface area contributed by atoms with Gasteiger partial charge in [0, 0.05) is 52.2 Å². The average Bonchev–Trinajstić information content (AvgIpc) is 3.81. The smallest absolute Gasteiger partial charge is 0.161 e. The second-order valence-electron chi connectivity index (χ2n) is 17.3. The minimum Gasteiger partial charge on any atom is -0.495 e. The van der Waals surface area contributed by atoms with E-state index in [2.05, 4.69) is 38.0 Å². The Kier molecular flexibility index (Phi) is 41.0. The van der Waals surface area contributed by atoms with Crippen molar-refractivity contribution in [2.75, 3.05) is 120 Å². The van der Waals surface area contributed by atoms with E-state index in [-0.39, 0.29) is 21.0 Å². The molecule has 2 aromatic rings. The summed E-state index contributed by atoms with van der Waals surface area (Å²) in [4.78, 5) is 3.83. The van der Waals surface area contributed by atoms with Crippen LogP contribution in [0.4, 0.5) is 0 Å². The Balaban J connectivity index is 0.000000721. The number of methoxy groups -OCH3 is 2. The summed E-state index contributed by atoms with van der Waals surface area (Å²) in [7, 11) is 3.42. The molecule has 0 radical (unpaired) electrons. The van der Waals surface area contributed by atoms with E-state index in [1.807, 2.05) is 50.2 Å². The predicted octanol–water partition coefficient (Wildman–Crippen LogP) is 9.98. The number of fused-ring (bicyclic) bond motifs is 1. The number of hydrogen-bond donors (Lipinski definition) is 1. The maximum Gasteiger partial charge on any atom is 0.161 e. The second kappa shape index (κ2) is 42.7. The molecule has 1 saturated carbocycles. The summed E-state index contributed by atoms with van der Waals surface area (Å²) in [6.07, 6.45) is 15.0. The zero-order chi connectivity index (χ0) is 45.6. The molecule has 5 saturated heterocycles. The van der Waals surface area contributed by atoms with Crippen LogP contribution in [0.1, 0.15) is 108 Å². The summed E-state index contributed by atoms with van der Waals surface area (Å²) in [5, 5.41) is 3.27. The van der Waals surface area contributed by atoms with Crippen LogP contribution >= 0.6 is 0 Å². The van der Waals surface area contributed by atoms with Crippen molar-refractivity contribution < 1.29 is 52.1 Å². The van der Waals surface area contributed by atoms with Crippen molar-refractivity contribution in [3.8, 4) is 17.2 Å². The number of pyridine rings is 1. The molecule has 1 aliphatic carbocycles. The Labute approximate surface area is 396 Å². The molecule has 6 fully saturated rings. The van der Waals surface area contributed by atoms with Crippen LogP contribution in [-0.4, -0.2) is 143 Å². The van der Waals surface area contributed by atoms with E-state index in [0.717, 1.165) is 128 Å². The lowest BCUT2D eigenvalue weighted by Crippen LogP contribution is -2.25. The van der Waals surface area contributed by atoms with Gasteiger partial charge in [-0.3, -0.25) is 4.98 Å². The topological polar surface area (TPSA) is 126 Å². The van der Waals surface area contributed by atoms with Crippen LogP contribution in [0.3, 0.4) is 0 Å². The maximum atomic E-state index is 5.51. The molecule has 7 heterocycles. The molecule has 1 N–H and O–H groups in total. The molecule has 1 aromatic heterocycles. The Morgan fingerprint density at radius 1 is 0.538 bits per heavy atom. The molecule has 380 valence electrons. The molecule has 0 bridgehead atoms. The monoisotopic (exact) mass is 925 g/mol. The van der Waals surface area contributed by atoms with Crippen molar-refractivity contribution in [1.29, 1.82) is 0 Å². The van der Waals surface area contributed by atoms with Gasteiger partial charge in [-0.15, -0.1) is 0 Å². The van der Waals surface area contributed by atoms with E-state index in [1.165, 1.54) is 51.4 Å². The summed E-state index contributed by atoms with van der Waals surface area (Å²) >= 11 is 0. The SMILES string of the molecule is C.C.CC1COCCOC1.COC1CCCC1.COc1cccnc1.C[C@@H]1CCOC1.C[C@H]1CCCCOC1.C[C@H]1CNCCOC1.C[C@H]1COCCO1.C[C@H]1COc2ccccc2O1. The Hall–Kier alpha value is -2.59. The van der Waals surface area contributed by atoms with Crippen LogP contribution < -0.4 is 19.5 Å². The first-order chi connectivity index (χ1) is 30.7. The van der Waals surface area contributed by atoms with Gasteiger partial charge in [-0.05, 0) is 94.5 Å². The summed E-state index contributed by atoms with van der Waals surface area (Å²) in [6.45, 7) is 26.9. The van der Waals surface area contributed by atoms with Crippen molar-refractivity contribution >= 4 is 0 Å².